The SMILES string of the molecule is C/C=C/C.C=CCC.C=CCCCC(C)C.CCC(C)C(C)CC.CCCCC(C)CC.CCCCCCCC. The van der Waals surface area contributed by atoms with Crippen LogP contribution in [-0.2, 0) is 0 Å². The second-order valence-electron chi connectivity index (χ2n) is 11.8. The minimum atomic E-state index is 0.856. The van der Waals surface area contributed by atoms with Crippen LogP contribution < -0.4 is 0 Å². The molecule has 0 N–H and O–H groups in total. The van der Waals surface area contributed by atoms with Crippen LogP contribution in [0.2, 0.25) is 0 Å². The predicted molar refractivity (Wildman–Crippen MR) is 197 cm³/mol. The van der Waals surface area contributed by atoms with Gasteiger partial charge in [0.05, 0.1) is 0 Å². The summed E-state index contributed by atoms with van der Waals surface area (Å²) in [6, 6.07) is 0. The van der Waals surface area contributed by atoms with Crippen molar-refractivity contribution < 1.29 is 0 Å². The maximum absolute atomic E-state index is 3.66. The predicted octanol–water partition coefficient (Wildman–Crippen LogP) is 15.8. The van der Waals surface area contributed by atoms with E-state index in [4.69, 9.17) is 0 Å². The van der Waals surface area contributed by atoms with Crippen molar-refractivity contribution in [3.05, 3.63) is 37.5 Å². The zero-order valence-corrected chi connectivity index (χ0v) is 31.3. The Kier molecular flexibility index (Phi) is 70.5. The summed E-state index contributed by atoms with van der Waals surface area (Å²) in [6.07, 6.45) is 29.5. The van der Waals surface area contributed by atoms with E-state index < -0.39 is 0 Å². The molecule has 0 radical (unpaired) electrons. The maximum atomic E-state index is 3.66. The Hall–Kier alpha value is -0.780. The molecule has 0 amide bonds. The molecule has 0 fully saturated rings. The van der Waals surface area contributed by atoms with E-state index in [0.717, 1.165) is 30.1 Å². The lowest BCUT2D eigenvalue weighted by Crippen LogP contribution is -2.04. The molecule has 40 heavy (non-hydrogen) atoms. The van der Waals surface area contributed by atoms with Crippen LogP contribution >= 0.6 is 0 Å². The summed E-state index contributed by atoms with van der Waals surface area (Å²) >= 11 is 0. The molecule has 3 atom stereocenters. The average Bonchev–Trinajstić information content (AvgIpc) is 2.98. The van der Waals surface area contributed by atoms with E-state index in [1.54, 1.807) is 0 Å². The van der Waals surface area contributed by atoms with E-state index in [2.05, 4.69) is 96.2 Å². The van der Waals surface area contributed by atoms with Crippen molar-refractivity contribution in [1.29, 1.82) is 0 Å². The van der Waals surface area contributed by atoms with E-state index >= 15 is 0 Å². The van der Waals surface area contributed by atoms with Gasteiger partial charge < -0.3 is 0 Å². The van der Waals surface area contributed by atoms with Crippen LogP contribution in [0.4, 0.5) is 0 Å². The summed E-state index contributed by atoms with van der Waals surface area (Å²) in [5.41, 5.74) is 0. The second-order valence-corrected chi connectivity index (χ2v) is 11.8. The zero-order valence-electron chi connectivity index (χ0n) is 31.3. The molecule has 0 nitrogen and oxygen atoms in total. The molecular weight excluding hydrogens is 480 g/mol. The van der Waals surface area contributed by atoms with Crippen LogP contribution in [0.25, 0.3) is 0 Å². The fourth-order valence-corrected chi connectivity index (χ4v) is 3.09. The molecular formula is C40H86. The minimum Gasteiger partial charge on any atom is -0.103 e. The lowest BCUT2D eigenvalue weighted by molar-refractivity contribution is 0.367. The molecule has 0 saturated heterocycles. The standard InChI is InChI=1S/C8H18.C8H16.2C8H18.2C4H8/c1-5-7(3)8(4)6-2;1-4-5-6-7-8(2)3;1-4-6-7-8(3)5-2;1-3-5-7-8-6-4-2;2*1-3-4-2/h7-8H,5-6H2,1-4H3;4,8H,1,5-7H2,2-3H3;8H,4-7H2,1-3H3;3-8H2,1-2H3;3-4H,1-2H3;3H,1,4H2,2H3/b;;;;4-3+;. The van der Waals surface area contributed by atoms with Crippen LogP contribution in [0, 0.1) is 23.7 Å². The van der Waals surface area contributed by atoms with Gasteiger partial charge in [-0.1, -0.05) is 191 Å². The second kappa shape index (κ2) is 54.3. The first-order valence-corrected chi connectivity index (χ1v) is 17.8. The van der Waals surface area contributed by atoms with Gasteiger partial charge in [-0.05, 0) is 56.8 Å². The Morgan fingerprint density at radius 3 is 1.12 bits per heavy atom. The largest absolute Gasteiger partial charge is 0.103 e. The Labute approximate surface area is 260 Å². The van der Waals surface area contributed by atoms with Gasteiger partial charge in [0.25, 0.3) is 0 Å². The van der Waals surface area contributed by atoms with Crippen LogP contribution in [0.15, 0.2) is 37.5 Å². The van der Waals surface area contributed by atoms with E-state index in [-0.39, 0.29) is 0 Å². The van der Waals surface area contributed by atoms with Gasteiger partial charge >= 0.3 is 0 Å². The van der Waals surface area contributed by atoms with Crippen molar-refractivity contribution in [2.75, 3.05) is 0 Å². The summed E-state index contributed by atoms with van der Waals surface area (Å²) in [5.74, 6) is 3.64. The van der Waals surface area contributed by atoms with Crippen molar-refractivity contribution in [3.63, 3.8) is 0 Å². The van der Waals surface area contributed by atoms with Crippen molar-refractivity contribution >= 4 is 0 Å². The molecule has 0 aromatic heterocycles. The van der Waals surface area contributed by atoms with Crippen LogP contribution in [0.5, 0.6) is 0 Å². The van der Waals surface area contributed by atoms with Crippen molar-refractivity contribution in [2.45, 2.75) is 200 Å². The van der Waals surface area contributed by atoms with E-state index in [0.29, 0.717) is 0 Å². The van der Waals surface area contributed by atoms with E-state index in [1.165, 1.54) is 96.3 Å². The van der Waals surface area contributed by atoms with Crippen molar-refractivity contribution in [1.82, 2.24) is 0 Å². The van der Waals surface area contributed by atoms with Crippen molar-refractivity contribution in [2.24, 2.45) is 23.7 Å². The smallest absolute Gasteiger partial charge is 0.0353 e. The van der Waals surface area contributed by atoms with Gasteiger partial charge in [0.15, 0.2) is 0 Å². The van der Waals surface area contributed by atoms with E-state index in [1.807, 2.05) is 38.2 Å². The normalized spacial score (nSPS) is 11.9. The Bertz CT molecular complexity index is 384. The lowest BCUT2D eigenvalue weighted by atomic mass is 9.92. The zero-order chi connectivity index (χ0) is 32.5. The van der Waals surface area contributed by atoms with E-state index in [9.17, 15) is 0 Å². The number of allylic oxidation sites excluding steroid dienone is 4. The summed E-state index contributed by atoms with van der Waals surface area (Å²) in [6.45, 7) is 38.2. The van der Waals surface area contributed by atoms with Gasteiger partial charge in [-0.2, -0.15) is 0 Å². The quantitative estimate of drug-likeness (QED) is 0.121. The summed E-state index contributed by atoms with van der Waals surface area (Å²) in [7, 11) is 0. The average molecular weight is 567 g/mol. The topological polar surface area (TPSA) is 0 Å². The Morgan fingerprint density at radius 1 is 0.500 bits per heavy atom. The monoisotopic (exact) mass is 567 g/mol. The summed E-state index contributed by atoms with van der Waals surface area (Å²) in [4.78, 5) is 0. The van der Waals surface area contributed by atoms with Gasteiger partial charge in [0.2, 0.25) is 0 Å². The molecule has 0 aromatic carbocycles. The molecule has 0 spiro atoms. The molecule has 0 saturated carbocycles. The molecule has 246 valence electrons. The van der Waals surface area contributed by atoms with Crippen LogP contribution in [-0.4, -0.2) is 0 Å². The third kappa shape index (κ3) is 76.8. The number of rotatable bonds is 17. The maximum Gasteiger partial charge on any atom is -0.0353 e. The van der Waals surface area contributed by atoms with Crippen LogP contribution in [0.3, 0.4) is 0 Å². The minimum absolute atomic E-state index is 0.856. The highest BCUT2D eigenvalue weighted by Gasteiger charge is 2.05. The molecule has 0 heterocycles. The summed E-state index contributed by atoms with van der Waals surface area (Å²) < 4.78 is 0. The van der Waals surface area contributed by atoms with Gasteiger partial charge in [-0.25, -0.2) is 0 Å². The fourth-order valence-electron chi connectivity index (χ4n) is 3.09. The molecule has 0 aromatic rings. The molecule has 0 rings (SSSR count). The Morgan fingerprint density at radius 2 is 0.900 bits per heavy atom. The first-order valence-electron chi connectivity index (χ1n) is 17.8. The number of hydrogen-bond acceptors (Lipinski definition) is 0. The fraction of sp³-hybridized carbons (Fsp3) is 0.850. The highest BCUT2D eigenvalue weighted by Crippen LogP contribution is 2.16. The Balaban J connectivity index is -0.0000000885. The van der Waals surface area contributed by atoms with Gasteiger partial charge in [0, 0.05) is 0 Å². The molecule has 3 unspecified atom stereocenters. The van der Waals surface area contributed by atoms with Gasteiger partial charge in [-0.3, -0.25) is 0 Å². The highest BCUT2D eigenvalue weighted by atomic mass is 14.1. The third-order valence-corrected chi connectivity index (χ3v) is 7.28. The first-order chi connectivity index (χ1) is 19.0. The third-order valence-electron chi connectivity index (χ3n) is 7.28. The number of unbranched alkanes of at least 4 members (excludes halogenated alkanes) is 7. The molecule has 0 aliphatic rings. The molecule has 0 bridgehead atoms. The lowest BCUT2D eigenvalue weighted by Gasteiger charge is -2.14. The molecule has 0 aliphatic carbocycles. The van der Waals surface area contributed by atoms with Crippen LogP contribution in [0.1, 0.15) is 200 Å². The van der Waals surface area contributed by atoms with Crippen molar-refractivity contribution in [3.8, 4) is 0 Å². The van der Waals surface area contributed by atoms with Gasteiger partial charge in [-0.15, -0.1) is 13.2 Å². The highest BCUT2D eigenvalue weighted by molar-refractivity contribution is 4.68. The molecule has 0 aliphatic heterocycles. The van der Waals surface area contributed by atoms with Gasteiger partial charge in [0.1, 0.15) is 0 Å². The first kappa shape index (κ1) is 51.9. The molecule has 0 heteroatoms. The summed E-state index contributed by atoms with van der Waals surface area (Å²) in [5, 5.41) is 0. The number of hydrogen-bond donors (Lipinski definition) is 0.